The quantitative estimate of drug-likeness (QED) is 0.102. The lowest BCUT2D eigenvalue weighted by Gasteiger charge is -2.47. The second kappa shape index (κ2) is 16.1. The van der Waals surface area contributed by atoms with Gasteiger partial charge in [0.2, 0.25) is 0 Å². The number of amides is 2. The zero-order valence-electron chi connectivity index (χ0n) is 30.7. The van der Waals surface area contributed by atoms with Crippen molar-refractivity contribution in [2.24, 2.45) is 0 Å². The first kappa shape index (κ1) is 41.7. The average molecular weight is 932 g/mol. The Hall–Kier alpha value is -4.98. The molecule has 4 aromatic carbocycles. The Morgan fingerprint density at radius 1 is 0.583 bits per heavy atom. The van der Waals surface area contributed by atoms with E-state index in [1.54, 1.807) is 0 Å². The molecule has 2 atom stereocenters. The molecule has 8 rings (SSSR count). The van der Waals surface area contributed by atoms with Crippen molar-refractivity contribution in [1.82, 2.24) is 9.97 Å². The molecule has 2 unspecified atom stereocenters. The van der Waals surface area contributed by atoms with Crippen LogP contribution in [0.2, 0.25) is 8.67 Å². The molecule has 12 nitrogen and oxygen atoms in total. The molecule has 2 fully saturated rings. The number of ether oxygens (including phenoxy) is 2. The van der Waals surface area contributed by atoms with Crippen molar-refractivity contribution in [2.75, 3.05) is 10.6 Å². The summed E-state index contributed by atoms with van der Waals surface area (Å²) in [6.07, 6.45) is 4.38. The second-order valence-corrected chi connectivity index (χ2v) is 21.6. The highest BCUT2D eigenvalue weighted by atomic mass is 35.5. The SMILES string of the molecule is O=C(Nc1ncc(Cl)s1)C(Oc1ccc(F)cc1)(c1ccc(S(=O)(=O)C2CC2)cc1)C(Oc1ccc(F)cc1)(C(=O)Nc1ncc(Cl)s1)c1ccc(S(=O)(=O)C2CC2)cc1. The summed E-state index contributed by atoms with van der Waals surface area (Å²) in [5.41, 5.74) is -6.15. The Kier molecular flexibility index (Phi) is 11.2. The van der Waals surface area contributed by atoms with Crippen LogP contribution in [0.1, 0.15) is 36.8 Å². The van der Waals surface area contributed by atoms with Gasteiger partial charge in [-0.1, -0.05) is 70.1 Å². The summed E-state index contributed by atoms with van der Waals surface area (Å²) in [5.74, 6) is -4.04. The predicted molar refractivity (Wildman–Crippen MR) is 222 cm³/mol. The van der Waals surface area contributed by atoms with Crippen molar-refractivity contribution >= 4 is 87.6 Å². The van der Waals surface area contributed by atoms with Crippen LogP contribution in [0.4, 0.5) is 19.0 Å². The maximum Gasteiger partial charge on any atom is 0.280 e. The van der Waals surface area contributed by atoms with Crippen LogP contribution in [0.5, 0.6) is 11.5 Å². The van der Waals surface area contributed by atoms with Gasteiger partial charge in [-0.05, 0) is 98.5 Å². The van der Waals surface area contributed by atoms with Crippen LogP contribution in [0, 0.1) is 11.6 Å². The van der Waals surface area contributed by atoms with Crippen LogP contribution in [0.25, 0.3) is 0 Å². The first-order valence-electron chi connectivity index (χ1n) is 18.1. The van der Waals surface area contributed by atoms with Crippen LogP contribution < -0.4 is 20.1 Å². The minimum absolute atomic E-state index is 0.0707. The van der Waals surface area contributed by atoms with Gasteiger partial charge in [0.25, 0.3) is 23.0 Å². The zero-order chi connectivity index (χ0) is 42.5. The number of nitrogens with zero attached hydrogens (tertiary/aromatic N) is 2. The number of thiazole rings is 2. The molecule has 0 spiro atoms. The maximum atomic E-state index is 15.7. The third kappa shape index (κ3) is 7.99. The van der Waals surface area contributed by atoms with Gasteiger partial charge in [0.15, 0.2) is 29.9 Å². The molecule has 0 aliphatic heterocycles. The van der Waals surface area contributed by atoms with E-state index in [9.17, 15) is 25.6 Å². The highest BCUT2D eigenvalue weighted by Crippen LogP contribution is 2.50. The van der Waals surface area contributed by atoms with Crippen molar-refractivity contribution in [1.29, 1.82) is 0 Å². The number of aromatic nitrogens is 2. The number of anilines is 2. The van der Waals surface area contributed by atoms with Crippen molar-refractivity contribution in [3.05, 3.63) is 141 Å². The fourth-order valence-electron chi connectivity index (χ4n) is 6.60. The van der Waals surface area contributed by atoms with Crippen LogP contribution >= 0.6 is 45.9 Å². The molecular weight excluding hydrogens is 902 g/mol. The fraction of sp³-hybridized carbons (Fsp3) is 0.200. The Bertz CT molecular complexity index is 2610. The van der Waals surface area contributed by atoms with Gasteiger partial charge < -0.3 is 9.47 Å². The fourth-order valence-corrected chi connectivity index (χ4v) is 11.5. The molecule has 20 heteroatoms. The lowest BCUT2D eigenvalue weighted by molar-refractivity contribution is -0.172. The van der Waals surface area contributed by atoms with Gasteiger partial charge in [-0.3, -0.25) is 20.2 Å². The van der Waals surface area contributed by atoms with Crippen LogP contribution in [-0.2, 0) is 40.5 Å². The van der Waals surface area contributed by atoms with Gasteiger partial charge in [-0.25, -0.2) is 35.6 Å². The highest BCUT2D eigenvalue weighted by Gasteiger charge is 2.69. The number of hydrogen-bond acceptors (Lipinski definition) is 12. The van der Waals surface area contributed by atoms with Crippen molar-refractivity contribution in [3.8, 4) is 11.5 Å². The lowest BCUT2D eigenvalue weighted by Crippen LogP contribution is -2.67. The predicted octanol–water partition coefficient (Wildman–Crippen LogP) is 8.58. The van der Waals surface area contributed by atoms with Gasteiger partial charge in [-0.15, -0.1) is 0 Å². The van der Waals surface area contributed by atoms with Crippen molar-refractivity contribution in [3.63, 3.8) is 0 Å². The van der Waals surface area contributed by atoms with Crippen LogP contribution in [0.15, 0.2) is 119 Å². The molecule has 2 aliphatic carbocycles. The van der Waals surface area contributed by atoms with E-state index >= 15 is 9.59 Å². The topological polar surface area (TPSA) is 171 Å². The number of benzene rings is 4. The highest BCUT2D eigenvalue weighted by molar-refractivity contribution is 7.92. The summed E-state index contributed by atoms with van der Waals surface area (Å²) in [5, 5.41) is 3.99. The molecule has 2 saturated carbocycles. The second-order valence-electron chi connectivity index (χ2n) is 13.9. The standard InChI is InChI=1S/C40H30Cl2F2N4O8S4/c41-33-21-45-37(57-33)47-35(49)39(55-27-9-5-25(43)6-10-27,23-1-13-29(14-2-23)59(51,52)31-17-18-31)40(56-28-11-7-26(44)8-12-28,36(50)48-38-46-22-34(42)58-38)24-3-15-30(16-4-24)60(53,54)32-19-20-32/h1-16,21-22,31-32H,17-20H2,(H,45,47,49)(H,46,48,50). The number of carbonyl (C=O) groups is 2. The van der Waals surface area contributed by atoms with E-state index in [2.05, 4.69) is 20.6 Å². The molecule has 0 bridgehead atoms. The monoisotopic (exact) mass is 930 g/mol. The molecule has 310 valence electrons. The number of carbonyl (C=O) groups excluding carboxylic acids is 2. The Balaban J connectivity index is 1.47. The molecule has 6 aromatic rings. The van der Waals surface area contributed by atoms with Gasteiger partial charge in [0.1, 0.15) is 31.8 Å². The summed E-state index contributed by atoms with van der Waals surface area (Å²) in [6, 6.07) is 19.1. The van der Waals surface area contributed by atoms with Crippen LogP contribution in [-0.4, -0.2) is 49.1 Å². The molecule has 2 aliphatic rings. The summed E-state index contributed by atoms with van der Waals surface area (Å²) in [7, 11) is -7.60. The molecule has 0 radical (unpaired) electrons. The minimum Gasteiger partial charge on any atom is -0.467 e. The first-order chi connectivity index (χ1) is 28.6. The molecular formula is C40H30Cl2F2N4O8S4. The summed E-state index contributed by atoms with van der Waals surface area (Å²) < 4.78 is 96.8. The van der Waals surface area contributed by atoms with Crippen molar-refractivity contribution < 1.29 is 44.7 Å². The normalized spacial score (nSPS) is 16.3. The van der Waals surface area contributed by atoms with Gasteiger partial charge in [-0.2, -0.15) is 0 Å². The first-order valence-corrected chi connectivity index (χ1v) is 23.5. The molecule has 2 heterocycles. The third-order valence-electron chi connectivity index (χ3n) is 9.81. The Morgan fingerprint density at radius 2 is 0.917 bits per heavy atom. The molecule has 0 saturated heterocycles. The van der Waals surface area contributed by atoms with Crippen molar-refractivity contribution in [2.45, 2.75) is 57.2 Å². The largest absolute Gasteiger partial charge is 0.467 e. The molecule has 2 amide bonds. The number of halogens is 4. The third-order valence-corrected chi connectivity index (χ3v) is 16.4. The Labute approximate surface area is 360 Å². The summed E-state index contributed by atoms with van der Waals surface area (Å²) in [4.78, 5) is 39.6. The van der Waals surface area contributed by atoms with Gasteiger partial charge in [0.05, 0.1) is 32.7 Å². The average Bonchev–Trinajstić information content (AvgIpc) is 4.18. The van der Waals surface area contributed by atoms with E-state index in [4.69, 9.17) is 32.7 Å². The van der Waals surface area contributed by atoms with Gasteiger partial charge >= 0.3 is 0 Å². The molecule has 60 heavy (non-hydrogen) atoms. The van der Waals surface area contributed by atoms with Gasteiger partial charge in [0, 0.05) is 11.1 Å². The molecule has 2 aromatic heterocycles. The number of hydrogen-bond donors (Lipinski definition) is 2. The summed E-state index contributed by atoms with van der Waals surface area (Å²) in [6.45, 7) is 0. The summed E-state index contributed by atoms with van der Waals surface area (Å²) >= 11 is 14.2. The van der Waals surface area contributed by atoms with Crippen LogP contribution in [0.3, 0.4) is 0 Å². The van der Waals surface area contributed by atoms with E-state index in [0.717, 1.165) is 46.9 Å². The van der Waals surface area contributed by atoms with E-state index in [1.807, 2.05) is 0 Å². The van der Waals surface area contributed by atoms with E-state index in [0.29, 0.717) is 25.7 Å². The number of rotatable bonds is 15. The number of nitrogens with one attached hydrogen (secondary N) is 2. The lowest BCUT2D eigenvalue weighted by atomic mass is 9.71. The maximum absolute atomic E-state index is 15.7. The minimum atomic E-state index is -3.80. The smallest absolute Gasteiger partial charge is 0.280 e. The zero-order valence-corrected chi connectivity index (χ0v) is 35.5. The van der Waals surface area contributed by atoms with E-state index in [-0.39, 0.29) is 51.4 Å². The molecule has 2 N–H and O–H groups in total. The Morgan fingerprint density at radius 3 is 1.20 bits per heavy atom. The van der Waals surface area contributed by atoms with E-state index < -0.39 is 64.8 Å². The number of sulfone groups is 2. The van der Waals surface area contributed by atoms with E-state index in [1.165, 1.54) is 85.2 Å².